The van der Waals surface area contributed by atoms with Crippen LogP contribution in [0.4, 0.5) is 0 Å². The van der Waals surface area contributed by atoms with Gasteiger partial charge < -0.3 is 37.9 Å². The van der Waals surface area contributed by atoms with Crippen LogP contribution >= 0.6 is 0 Å². The van der Waals surface area contributed by atoms with Gasteiger partial charge in [0.2, 0.25) is 0 Å². The fourth-order valence-corrected chi connectivity index (χ4v) is 7.60. The van der Waals surface area contributed by atoms with Gasteiger partial charge in [0.1, 0.15) is 24.4 Å². The molecule has 1 saturated heterocycles. The van der Waals surface area contributed by atoms with Gasteiger partial charge in [0, 0.05) is 0 Å². The second-order valence-electron chi connectivity index (χ2n) is 15.6. The van der Waals surface area contributed by atoms with Gasteiger partial charge in [0.25, 0.3) is 0 Å². The maximum Gasteiger partial charge on any atom is 0.186 e. The lowest BCUT2D eigenvalue weighted by Gasteiger charge is -2.46. The van der Waals surface area contributed by atoms with Crippen LogP contribution in [-0.2, 0) is 77.5 Å². The van der Waals surface area contributed by atoms with Gasteiger partial charge in [-0.05, 0) is 46.2 Å². The SMILES string of the molecule is CC[C@@H](OCc1ccccc1)[C@H](CCO[C@H]1OC(COCc2ccccc2)[C@H](OCc2ccccc2)[C@H](OCc2ccccc2)C1OCc1ccccc1)OCc1ccccc1. The highest BCUT2D eigenvalue weighted by atomic mass is 16.7. The molecule has 8 nitrogen and oxygen atoms in total. The topological polar surface area (TPSA) is 73.8 Å². The summed E-state index contributed by atoms with van der Waals surface area (Å²) >= 11 is 0. The van der Waals surface area contributed by atoms with Gasteiger partial charge in [-0.2, -0.15) is 0 Å². The second kappa shape index (κ2) is 25.2. The molecule has 7 atom stereocenters. The van der Waals surface area contributed by atoms with Crippen molar-refractivity contribution in [2.75, 3.05) is 13.2 Å². The zero-order chi connectivity index (χ0) is 42.4. The van der Waals surface area contributed by atoms with Crippen molar-refractivity contribution < 1.29 is 37.9 Å². The monoisotopic (exact) mass is 836 g/mol. The third-order valence-corrected chi connectivity index (χ3v) is 11.0. The Labute approximate surface area is 367 Å². The Balaban J connectivity index is 1.15. The maximum atomic E-state index is 6.96. The van der Waals surface area contributed by atoms with E-state index >= 15 is 0 Å². The molecular formula is C54H60O8. The fourth-order valence-electron chi connectivity index (χ4n) is 7.60. The number of hydrogen-bond donors (Lipinski definition) is 0. The Kier molecular flexibility index (Phi) is 18.3. The van der Waals surface area contributed by atoms with E-state index in [2.05, 4.69) is 79.7 Å². The van der Waals surface area contributed by atoms with Crippen LogP contribution in [0.1, 0.15) is 53.1 Å². The molecule has 1 fully saturated rings. The van der Waals surface area contributed by atoms with E-state index in [1.807, 2.05) is 109 Å². The minimum atomic E-state index is -0.818. The lowest BCUT2D eigenvalue weighted by atomic mass is 9.97. The van der Waals surface area contributed by atoms with E-state index in [0.29, 0.717) is 52.7 Å². The van der Waals surface area contributed by atoms with Crippen LogP contribution in [0.5, 0.6) is 0 Å². The Morgan fingerprint density at radius 1 is 0.403 bits per heavy atom. The molecule has 0 saturated carbocycles. The highest BCUT2D eigenvalue weighted by molar-refractivity contribution is 5.18. The second-order valence-corrected chi connectivity index (χ2v) is 15.6. The summed E-state index contributed by atoms with van der Waals surface area (Å²) in [6.07, 6.45) is -2.28. The molecule has 62 heavy (non-hydrogen) atoms. The number of benzene rings is 6. The van der Waals surface area contributed by atoms with Crippen LogP contribution in [-0.4, -0.2) is 56.1 Å². The van der Waals surface area contributed by atoms with E-state index in [1.54, 1.807) is 0 Å². The molecular weight excluding hydrogens is 777 g/mol. The molecule has 0 N–H and O–H groups in total. The molecule has 7 rings (SSSR count). The molecule has 0 bridgehead atoms. The van der Waals surface area contributed by atoms with Crippen molar-refractivity contribution in [3.8, 4) is 0 Å². The van der Waals surface area contributed by atoms with Crippen LogP contribution in [0.2, 0.25) is 0 Å². The predicted octanol–water partition coefficient (Wildman–Crippen LogP) is 10.7. The Morgan fingerprint density at radius 3 is 1.21 bits per heavy atom. The Hall–Kier alpha value is -5.00. The molecule has 0 radical (unpaired) electrons. The quantitative estimate of drug-likeness (QED) is 0.0565. The van der Waals surface area contributed by atoms with E-state index in [-0.39, 0.29) is 18.8 Å². The Bertz CT molecular complexity index is 2060. The first-order valence-electron chi connectivity index (χ1n) is 21.9. The summed E-state index contributed by atoms with van der Waals surface area (Å²) < 4.78 is 54.0. The molecule has 0 aromatic heterocycles. The van der Waals surface area contributed by atoms with Gasteiger partial charge in [0.05, 0.1) is 65.1 Å². The summed E-state index contributed by atoms with van der Waals surface area (Å²) in [6.45, 7) is 5.09. The van der Waals surface area contributed by atoms with Gasteiger partial charge in [-0.25, -0.2) is 0 Å². The van der Waals surface area contributed by atoms with Crippen LogP contribution in [0.3, 0.4) is 0 Å². The lowest BCUT2D eigenvalue weighted by molar-refractivity contribution is -0.329. The van der Waals surface area contributed by atoms with E-state index in [9.17, 15) is 0 Å². The highest BCUT2D eigenvalue weighted by Crippen LogP contribution is 2.32. The summed E-state index contributed by atoms with van der Waals surface area (Å²) in [4.78, 5) is 0. The molecule has 0 amide bonds. The standard InChI is InChI=1S/C54H60O8/c1-2-48(57-36-43-23-11-4-12-24-43)49(58-37-44-25-13-5-14-26-44)33-34-56-54-53(61-40-47-31-19-8-20-32-47)52(60-39-46-29-17-7-18-30-46)51(59-38-45-27-15-6-16-28-45)50(62-54)41-55-35-42-21-9-3-10-22-42/h3-32,48-54H,2,33-41H2,1H3/t48-,49+,50?,51+,52+,53?,54+/m1/s1. The van der Waals surface area contributed by atoms with Gasteiger partial charge in [-0.15, -0.1) is 0 Å². The average molecular weight is 837 g/mol. The van der Waals surface area contributed by atoms with Crippen molar-refractivity contribution in [2.24, 2.45) is 0 Å². The minimum absolute atomic E-state index is 0.170. The molecule has 1 aliphatic heterocycles. The third-order valence-electron chi connectivity index (χ3n) is 11.0. The first-order valence-corrected chi connectivity index (χ1v) is 21.9. The van der Waals surface area contributed by atoms with Crippen molar-refractivity contribution in [3.05, 3.63) is 215 Å². The average Bonchev–Trinajstić information content (AvgIpc) is 3.33. The van der Waals surface area contributed by atoms with E-state index in [1.165, 1.54) is 0 Å². The first kappa shape index (κ1) is 45.0. The minimum Gasteiger partial charge on any atom is -0.374 e. The molecule has 1 heterocycles. The van der Waals surface area contributed by atoms with Crippen LogP contribution < -0.4 is 0 Å². The van der Waals surface area contributed by atoms with Crippen LogP contribution in [0.25, 0.3) is 0 Å². The highest BCUT2D eigenvalue weighted by Gasteiger charge is 2.49. The van der Waals surface area contributed by atoms with Gasteiger partial charge in [-0.1, -0.05) is 189 Å². The number of hydrogen-bond acceptors (Lipinski definition) is 8. The first-order chi connectivity index (χ1) is 30.7. The van der Waals surface area contributed by atoms with Crippen molar-refractivity contribution in [1.29, 1.82) is 0 Å². The van der Waals surface area contributed by atoms with Crippen molar-refractivity contribution in [1.82, 2.24) is 0 Å². The van der Waals surface area contributed by atoms with Crippen molar-refractivity contribution in [2.45, 2.75) is 102 Å². The molecule has 1 aliphatic rings. The van der Waals surface area contributed by atoms with Gasteiger partial charge in [0.15, 0.2) is 6.29 Å². The third kappa shape index (κ3) is 14.3. The number of rotatable bonds is 25. The van der Waals surface area contributed by atoms with E-state index in [0.717, 1.165) is 39.8 Å². The predicted molar refractivity (Wildman–Crippen MR) is 241 cm³/mol. The normalized spacial score (nSPS) is 19.8. The molecule has 6 aromatic carbocycles. The van der Waals surface area contributed by atoms with Crippen LogP contribution in [0, 0.1) is 0 Å². The zero-order valence-corrected chi connectivity index (χ0v) is 35.7. The largest absolute Gasteiger partial charge is 0.374 e. The Morgan fingerprint density at radius 2 is 0.774 bits per heavy atom. The van der Waals surface area contributed by atoms with Crippen molar-refractivity contribution >= 4 is 0 Å². The van der Waals surface area contributed by atoms with Gasteiger partial charge in [-0.3, -0.25) is 0 Å². The summed E-state index contributed by atoms with van der Waals surface area (Å²) in [5.41, 5.74) is 6.39. The van der Waals surface area contributed by atoms with Gasteiger partial charge >= 0.3 is 0 Å². The molecule has 324 valence electrons. The van der Waals surface area contributed by atoms with Crippen molar-refractivity contribution in [3.63, 3.8) is 0 Å². The van der Waals surface area contributed by atoms with E-state index < -0.39 is 30.7 Å². The molecule has 8 heteroatoms. The summed E-state index contributed by atoms with van der Waals surface area (Å²) in [6, 6.07) is 61.1. The molecule has 0 spiro atoms. The lowest BCUT2D eigenvalue weighted by Crippen LogP contribution is -2.61. The maximum absolute atomic E-state index is 6.96. The summed E-state index contributed by atoms with van der Waals surface area (Å²) in [5, 5.41) is 0. The van der Waals surface area contributed by atoms with E-state index in [4.69, 9.17) is 37.9 Å². The zero-order valence-electron chi connectivity index (χ0n) is 35.7. The molecule has 2 unspecified atom stereocenters. The summed E-state index contributed by atoms with van der Waals surface area (Å²) in [5.74, 6) is 0. The molecule has 0 aliphatic carbocycles. The van der Waals surface area contributed by atoms with Crippen LogP contribution in [0.15, 0.2) is 182 Å². The molecule has 6 aromatic rings. The summed E-state index contributed by atoms with van der Waals surface area (Å²) in [7, 11) is 0. The number of ether oxygens (including phenoxy) is 8. The smallest absolute Gasteiger partial charge is 0.186 e. The fraction of sp³-hybridized carbons (Fsp3) is 0.333.